The second-order valence-electron chi connectivity index (χ2n) is 3.41. The maximum Gasteiger partial charge on any atom is 0.317 e. The summed E-state index contributed by atoms with van der Waals surface area (Å²) in [6, 6.07) is 7.41. The van der Waals surface area contributed by atoms with Crippen LogP contribution in [-0.2, 0) is 6.61 Å². The molecule has 0 N–H and O–H groups in total. The monoisotopic (exact) mass is 328 g/mol. The van der Waals surface area contributed by atoms with Gasteiger partial charge in [0.25, 0.3) is 0 Å². The molecule has 2 rings (SSSR count). The van der Waals surface area contributed by atoms with E-state index in [4.69, 9.17) is 21.1 Å². The number of hydrogen-bond acceptors (Lipinski definition) is 4. The van der Waals surface area contributed by atoms with Gasteiger partial charge in [-0.15, -0.1) is 0 Å². The summed E-state index contributed by atoms with van der Waals surface area (Å²) in [6.45, 7) is 0.316. The lowest BCUT2D eigenvalue weighted by atomic mass is 10.2. The largest absolute Gasteiger partial charge is 0.496 e. The Bertz CT molecular complexity index is 551. The van der Waals surface area contributed by atoms with Crippen LogP contribution in [0.5, 0.6) is 11.8 Å². The molecule has 2 aromatic rings. The number of rotatable bonds is 4. The molecule has 1 aromatic heterocycles. The lowest BCUT2D eigenvalue weighted by Gasteiger charge is -2.09. The minimum atomic E-state index is 0.307. The fourth-order valence-corrected chi connectivity index (χ4v) is 1.80. The highest BCUT2D eigenvalue weighted by molar-refractivity contribution is 9.10. The van der Waals surface area contributed by atoms with Gasteiger partial charge in [0.1, 0.15) is 17.0 Å². The predicted molar refractivity (Wildman–Crippen MR) is 72.1 cm³/mol. The van der Waals surface area contributed by atoms with Gasteiger partial charge >= 0.3 is 6.01 Å². The predicted octanol–water partition coefficient (Wildman–Crippen LogP) is 3.48. The normalized spacial score (nSPS) is 10.2. The van der Waals surface area contributed by atoms with Gasteiger partial charge in [0.15, 0.2) is 0 Å². The van der Waals surface area contributed by atoms with E-state index in [1.54, 1.807) is 31.5 Å². The molecule has 0 unspecified atom stereocenters. The number of nitrogens with zero attached hydrogens (tertiary/aromatic N) is 2. The van der Waals surface area contributed by atoms with E-state index in [0.717, 1.165) is 5.56 Å². The van der Waals surface area contributed by atoms with Crippen LogP contribution in [0.1, 0.15) is 5.56 Å². The van der Waals surface area contributed by atoms with E-state index in [2.05, 4.69) is 25.9 Å². The molecule has 1 heterocycles. The van der Waals surface area contributed by atoms with Crippen LogP contribution in [0.25, 0.3) is 0 Å². The molecular weight excluding hydrogens is 320 g/mol. The zero-order valence-corrected chi connectivity index (χ0v) is 11.9. The lowest BCUT2D eigenvalue weighted by Crippen LogP contribution is -2.01. The van der Waals surface area contributed by atoms with E-state index >= 15 is 0 Å². The van der Waals surface area contributed by atoms with Crippen molar-refractivity contribution < 1.29 is 9.47 Å². The van der Waals surface area contributed by atoms with Gasteiger partial charge in [0.05, 0.1) is 7.11 Å². The summed E-state index contributed by atoms with van der Waals surface area (Å²) < 4.78 is 11.4. The Balaban J connectivity index is 2.10. The molecule has 94 valence electrons. The van der Waals surface area contributed by atoms with Crippen LogP contribution < -0.4 is 9.47 Å². The van der Waals surface area contributed by atoms with Gasteiger partial charge in [-0.1, -0.05) is 17.7 Å². The van der Waals surface area contributed by atoms with Gasteiger partial charge in [-0.25, -0.2) is 4.98 Å². The fraction of sp³-hybridized carbons (Fsp3) is 0.167. The summed E-state index contributed by atoms with van der Waals surface area (Å²) in [4.78, 5) is 8.08. The van der Waals surface area contributed by atoms with Crippen molar-refractivity contribution in [3.8, 4) is 11.8 Å². The van der Waals surface area contributed by atoms with Crippen LogP contribution in [0.15, 0.2) is 35.1 Å². The van der Waals surface area contributed by atoms with E-state index in [1.807, 2.05) is 6.07 Å². The van der Waals surface area contributed by atoms with Crippen LogP contribution in [-0.4, -0.2) is 17.1 Å². The molecule has 0 aliphatic heterocycles. The third kappa shape index (κ3) is 3.34. The van der Waals surface area contributed by atoms with E-state index in [-0.39, 0.29) is 0 Å². The topological polar surface area (TPSA) is 44.2 Å². The summed E-state index contributed by atoms with van der Waals surface area (Å²) in [5.41, 5.74) is 0.880. The Labute approximate surface area is 118 Å². The third-order valence-electron chi connectivity index (χ3n) is 2.21. The fourth-order valence-electron chi connectivity index (χ4n) is 1.37. The maximum atomic E-state index is 5.88. The van der Waals surface area contributed by atoms with E-state index in [1.165, 1.54) is 0 Å². The van der Waals surface area contributed by atoms with Crippen molar-refractivity contribution in [2.24, 2.45) is 0 Å². The zero-order valence-electron chi connectivity index (χ0n) is 9.56. The van der Waals surface area contributed by atoms with Crippen molar-refractivity contribution >= 4 is 27.5 Å². The minimum Gasteiger partial charge on any atom is -0.496 e. The Morgan fingerprint density at radius 2 is 2.17 bits per heavy atom. The van der Waals surface area contributed by atoms with Gasteiger partial charge < -0.3 is 9.47 Å². The Kier molecular flexibility index (Phi) is 4.38. The summed E-state index contributed by atoms with van der Waals surface area (Å²) in [5.74, 6) is 0.678. The number of methoxy groups -OCH3 is 1. The Morgan fingerprint density at radius 3 is 2.89 bits per heavy atom. The molecule has 0 aliphatic carbocycles. The van der Waals surface area contributed by atoms with Crippen LogP contribution in [0.2, 0.25) is 5.02 Å². The van der Waals surface area contributed by atoms with E-state index in [0.29, 0.717) is 28.0 Å². The number of aromatic nitrogens is 2. The number of halogens is 2. The SMILES string of the molecule is COc1cc(Cl)ccc1COc1nccc(Br)n1. The Hall–Kier alpha value is -1.33. The highest BCUT2D eigenvalue weighted by atomic mass is 79.9. The molecule has 0 atom stereocenters. The molecule has 0 saturated carbocycles. The summed E-state index contributed by atoms with van der Waals surface area (Å²) in [6.07, 6.45) is 1.62. The molecule has 0 saturated heterocycles. The van der Waals surface area contributed by atoms with Gasteiger partial charge in [-0.05, 0) is 34.1 Å². The first-order chi connectivity index (χ1) is 8.69. The third-order valence-corrected chi connectivity index (χ3v) is 2.88. The number of hydrogen-bond donors (Lipinski definition) is 0. The number of benzene rings is 1. The molecule has 0 amide bonds. The first-order valence-electron chi connectivity index (χ1n) is 5.13. The average Bonchev–Trinajstić information content (AvgIpc) is 2.37. The van der Waals surface area contributed by atoms with Crippen molar-refractivity contribution in [2.75, 3.05) is 7.11 Å². The van der Waals surface area contributed by atoms with Crippen molar-refractivity contribution in [1.29, 1.82) is 0 Å². The highest BCUT2D eigenvalue weighted by Crippen LogP contribution is 2.24. The first-order valence-corrected chi connectivity index (χ1v) is 6.30. The Morgan fingerprint density at radius 1 is 1.33 bits per heavy atom. The van der Waals surface area contributed by atoms with Crippen LogP contribution in [0.4, 0.5) is 0 Å². The molecule has 0 spiro atoms. The van der Waals surface area contributed by atoms with Crippen molar-refractivity contribution in [3.63, 3.8) is 0 Å². The van der Waals surface area contributed by atoms with Crippen LogP contribution in [0, 0.1) is 0 Å². The molecule has 1 aromatic carbocycles. The summed E-state index contributed by atoms with van der Waals surface area (Å²) in [7, 11) is 1.59. The minimum absolute atomic E-state index is 0.307. The summed E-state index contributed by atoms with van der Waals surface area (Å²) >= 11 is 9.13. The molecule has 6 heteroatoms. The molecule has 0 fully saturated rings. The second-order valence-corrected chi connectivity index (χ2v) is 4.66. The first kappa shape index (κ1) is 13.1. The van der Waals surface area contributed by atoms with E-state index in [9.17, 15) is 0 Å². The zero-order chi connectivity index (χ0) is 13.0. The standard InChI is InChI=1S/C12H10BrClN2O2/c1-17-10-6-9(14)3-2-8(10)7-18-12-15-5-4-11(13)16-12/h2-6H,7H2,1H3. The second kappa shape index (κ2) is 6.02. The molecule has 0 aliphatic rings. The molecule has 0 radical (unpaired) electrons. The van der Waals surface area contributed by atoms with Crippen molar-refractivity contribution in [1.82, 2.24) is 9.97 Å². The quantitative estimate of drug-likeness (QED) is 0.806. The highest BCUT2D eigenvalue weighted by Gasteiger charge is 2.06. The van der Waals surface area contributed by atoms with Gasteiger partial charge in [0.2, 0.25) is 0 Å². The van der Waals surface area contributed by atoms with Crippen molar-refractivity contribution in [3.05, 3.63) is 45.7 Å². The lowest BCUT2D eigenvalue weighted by molar-refractivity contribution is 0.273. The molecule has 4 nitrogen and oxygen atoms in total. The molecule has 18 heavy (non-hydrogen) atoms. The average molecular weight is 330 g/mol. The summed E-state index contributed by atoms with van der Waals surface area (Å²) in [5, 5.41) is 0.620. The van der Waals surface area contributed by atoms with E-state index < -0.39 is 0 Å². The van der Waals surface area contributed by atoms with Crippen LogP contribution >= 0.6 is 27.5 Å². The number of ether oxygens (including phenoxy) is 2. The van der Waals surface area contributed by atoms with Crippen molar-refractivity contribution in [2.45, 2.75) is 6.61 Å². The van der Waals surface area contributed by atoms with Gasteiger partial charge in [-0.3, -0.25) is 0 Å². The van der Waals surface area contributed by atoms with Gasteiger partial charge in [-0.2, -0.15) is 4.98 Å². The smallest absolute Gasteiger partial charge is 0.317 e. The maximum absolute atomic E-state index is 5.88. The molecule has 0 bridgehead atoms. The van der Waals surface area contributed by atoms with Gasteiger partial charge in [0, 0.05) is 16.8 Å². The van der Waals surface area contributed by atoms with Crippen LogP contribution in [0.3, 0.4) is 0 Å². The molecular formula is C12H10BrClN2O2.